The average Bonchev–Trinajstić information content (AvgIpc) is 2.21. The summed E-state index contributed by atoms with van der Waals surface area (Å²) in [6.45, 7) is 2.26. The van der Waals surface area contributed by atoms with Crippen molar-refractivity contribution in [3.8, 4) is 0 Å². The topological polar surface area (TPSA) is 24.4 Å². The van der Waals surface area contributed by atoms with E-state index in [0.717, 1.165) is 19.0 Å². The van der Waals surface area contributed by atoms with E-state index in [1.165, 1.54) is 12.8 Å². The SMILES string of the molecule is C1=NC2CCC1CNC2. The molecule has 0 spiro atoms. The second-order valence-electron chi connectivity index (χ2n) is 2.95. The van der Waals surface area contributed by atoms with Crippen LogP contribution in [0.1, 0.15) is 12.8 Å². The van der Waals surface area contributed by atoms with Gasteiger partial charge in [-0.25, -0.2) is 0 Å². The number of nitrogens with one attached hydrogen (secondary N) is 1. The van der Waals surface area contributed by atoms with Crippen LogP contribution < -0.4 is 5.32 Å². The van der Waals surface area contributed by atoms with Crippen LogP contribution in [0, 0.1) is 5.92 Å². The van der Waals surface area contributed by atoms with Crippen LogP contribution >= 0.6 is 0 Å². The molecule has 0 aliphatic carbocycles. The van der Waals surface area contributed by atoms with Crippen molar-refractivity contribution < 1.29 is 0 Å². The summed E-state index contributed by atoms with van der Waals surface area (Å²) in [5.74, 6) is 0.740. The summed E-state index contributed by atoms with van der Waals surface area (Å²) >= 11 is 0. The molecule has 3 aliphatic rings. The van der Waals surface area contributed by atoms with E-state index >= 15 is 0 Å². The summed E-state index contributed by atoms with van der Waals surface area (Å²) in [6, 6.07) is 0.601. The fourth-order valence-electron chi connectivity index (χ4n) is 1.54. The third-order valence-electron chi connectivity index (χ3n) is 2.16. The molecule has 3 heterocycles. The highest BCUT2D eigenvalue weighted by Gasteiger charge is 2.20. The van der Waals surface area contributed by atoms with Crippen LogP contribution in [0.2, 0.25) is 0 Å². The van der Waals surface area contributed by atoms with Crippen LogP contribution in [0.15, 0.2) is 4.99 Å². The Balaban J connectivity index is 2.15. The van der Waals surface area contributed by atoms with E-state index in [2.05, 4.69) is 16.5 Å². The first-order valence-electron chi connectivity index (χ1n) is 3.69. The van der Waals surface area contributed by atoms with E-state index < -0.39 is 0 Å². The van der Waals surface area contributed by atoms with Crippen molar-refractivity contribution >= 4 is 6.21 Å². The molecule has 1 N–H and O–H groups in total. The van der Waals surface area contributed by atoms with Gasteiger partial charge in [0.25, 0.3) is 0 Å². The lowest BCUT2D eigenvalue weighted by atomic mass is 10.0. The second kappa shape index (κ2) is 2.10. The van der Waals surface area contributed by atoms with E-state index in [-0.39, 0.29) is 0 Å². The van der Waals surface area contributed by atoms with E-state index in [1.807, 2.05) is 0 Å². The molecular weight excluding hydrogens is 112 g/mol. The normalized spacial score (nSPS) is 40.9. The lowest BCUT2D eigenvalue weighted by Crippen LogP contribution is -2.22. The molecule has 0 saturated carbocycles. The van der Waals surface area contributed by atoms with Crippen LogP contribution in [0.4, 0.5) is 0 Å². The maximum Gasteiger partial charge on any atom is 0.0620 e. The molecule has 0 aromatic rings. The molecule has 1 saturated heterocycles. The molecule has 2 heteroatoms. The summed E-state index contributed by atoms with van der Waals surface area (Å²) in [5.41, 5.74) is 0. The minimum absolute atomic E-state index is 0.601. The molecule has 50 valence electrons. The first-order chi connectivity index (χ1) is 4.45. The van der Waals surface area contributed by atoms with E-state index in [4.69, 9.17) is 0 Å². The Morgan fingerprint density at radius 2 is 2.33 bits per heavy atom. The van der Waals surface area contributed by atoms with Gasteiger partial charge < -0.3 is 5.32 Å². The molecule has 0 amide bonds. The van der Waals surface area contributed by atoms with Gasteiger partial charge in [0.15, 0.2) is 0 Å². The maximum absolute atomic E-state index is 4.40. The minimum Gasteiger partial charge on any atom is -0.314 e. The Morgan fingerprint density at radius 3 is 3.11 bits per heavy atom. The first kappa shape index (κ1) is 5.42. The van der Waals surface area contributed by atoms with Gasteiger partial charge in [-0.2, -0.15) is 0 Å². The van der Waals surface area contributed by atoms with Crippen molar-refractivity contribution in [2.75, 3.05) is 13.1 Å². The van der Waals surface area contributed by atoms with Crippen molar-refractivity contribution in [3.63, 3.8) is 0 Å². The van der Waals surface area contributed by atoms with Crippen molar-refractivity contribution in [1.82, 2.24) is 5.32 Å². The molecular formula is C7H12N2. The quantitative estimate of drug-likeness (QED) is 0.498. The van der Waals surface area contributed by atoms with Gasteiger partial charge in [0.05, 0.1) is 6.04 Å². The number of hydrogen-bond donors (Lipinski definition) is 1. The fourth-order valence-corrected chi connectivity index (χ4v) is 1.54. The van der Waals surface area contributed by atoms with Crippen molar-refractivity contribution in [1.29, 1.82) is 0 Å². The predicted octanol–water partition coefficient (Wildman–Crippen LogP) is 0.439. The molecule has 2 nitrogen and oxygen atoms in total. The van der Waals surface area contributed by atoms with E-state index in [1.54, 1.807) is 0 Å². The van der Waals surface area contributed by atoms with Gasteiger partial charge in [0.1, 0.15) is 0 Å². The van der Waals surface area contributed by atoms with Gasteiger partial charge in [-0.05, 0) is 12.8 Å². The molecule has 3 aliphatic heterocycles. The summed E-state index contributed by atoms with van der Waals surface area (Å²) in [6.07, 6.45) is 4.78. The minimum atomic E-state index is 0.601. The molecule has 0 aromatic carbocycles. The monoisotopic (exact) mass is 124 g/mol. The van der Waals surface area contributed by atoms with Crippen LogP contribution in [-0.4, -0.2) is 25.3 Å². The van der Waals surface area contributed by atoms with Gasteiger partial charge in [0.2, 0.25) is 0 Å². The fraction of sp³-hybridized carbons (Fsp3) is 0.857. The molecule has 0 aromatic heterocycles. The standard InChI is InChI=1S/C7H12N2/c1-2-7-5-8-3-6(1)4-9-7/h4,6-8H,1-3,5H2. The lowest BCUT2D eigenvalue weighted by molar-refractivity contribution is 0.565. The van der Waals surface area contributed by atoms with Crippen molar-refractivity contribution in [3.05, 3.63) is 0 Å². The van der Waals surface area contributed by atoms with Gasteiger partial charge in [-0.1, -0.05) is 0 Å². The van der Waals surface area contributed by atoms with Gasteiger partial charge in [-0.15, -0.1) is 0 Å². The number of fused-ring (bicyclic) bond motifs is 3. The third kappa shape index (κ3) is 0.990. The van der Waals surface area contributed by atoms with Gasteiger partial charge >= 0.3 is 0 Å². The lowest BCUT2D eigenvalue weighted by Gasteiger charge is -2.13. The van der Waals surface area contributed by atoms with Crippen molar-refractivity contribution in [2.45, 2.75) is 18.9 Å². The van der Waals surface area contributed by atoms with Crippen LogP contribution in [0.3, 0.4) is 0 Å². The zero-order valence-electron chi connectivity index (χ0n) is 5.51. The Kier molecular flexibility index (Phi) is 1.27. The predicted molar refractivity (Wildman–Crippen MR) is 37.9 cm³/mol. The van der Waals surface area contributed by atoms with Gasteiger partial charge in [0, 0.05) is 25.2 Å². The van der Waals surface area contributed by atoms with E-state index in [9.17, 15) is 0 Å². The molecule has 2 unspecified atom stereocenters. The highest BCUT2D eigenvalue weighted by atomic mass is 15.0. The zero-order valence-corrected chi connectivity index (χ0v) is 5.51. The average molecular weight is 124 g/mol. The Bertz CT molecular complexity index is 113. The smallest absolute Gasteiger partial charge is 0.0620 e. The molecule has 3 rings (SSSR count). The van der Waals surface area contributed by atoms with Gasteiger partial charge in [-0.3, -0.25) is 4.99 Å². The summed E-state index contributed by atoms with van der Waals surface area (Å²) < 4.78 is 0. The summed E-state index contributed by atoms with van der Waals surface area (Å²) in [4.78, 5) is 4.40. The van der Waals surface area contributed by atoms with Crippen LogP contribution in [0.25, 0.3) is 0 Å². The maximum atomic E-state index is 4.40. The Labute approximate surface area is 55.4 Å². The summed E-state index contributed by atoms with van der Waals surface area (Å²) in [5, 5.41) is 3.38. The molecule has 2 atom stereocenters. The Morgan fingerprint density at radius 1 is 1.33 bits per heavy atom. The second-order valence-corrected chi connectivity index (χ2v) is 2.95. The number of aliphatic imine (C=N–C) groups is 1. The highest BCUT2D eigenvalue weighted by Crippen LogP contribution is 2.16. The number of rotatable bonds is 0. The Hall–Kier alpha value is -0.370. The number of hydrogen-bond acceptors (Lipinski definition) is 2. The third-order valence-corrected chi connectivity index (χ3v) is 2.16. The highest BCUT2D eigenvalue weighted by molar-refractivity contribution is 5.62. The molecule has 1 fully saturated rings. The van der Waals surface area contributed by atoms with Crippen molar-refractivity contribution in [2.24, 2.45) is 10.9 Å². The molecule has 2 bridgehead atoms. The number of nitrogens with zero attached hydrogens (tertiary/aromatic N) is 1. The zero-order chi connectivity index (χ0) is 6.10. The first-order valence-corrected chi connectivity index (χ1v) is 3.69. The van der Waals surface area contributed by atoms with Crippen LogP contribution in [-0.2, 0) is 0 Å². The van der Waals surface area contributed by atoms with Crippen LogP contribution in [0.5, 0.6) is 0 Å². The molecule has 9 heavy (non-hydrogen) atoms. The van der Waals surface area contributed by atoms with E-state index in [0.29, 0.717) is 6.04 Å². The largest absolute Gasteiger partial charge is 0.314 e. The summed E-state index contributed by atoms with van der Waals surface area (Å²) in [7, 11) is 0. The molecule has 0 radical (unpaired) electrons.